The van der Waals surface area contributed by atoms with Crippen LogP contribution in [0.2, 0.25) is 0 Å². The van der Waals surface area contributed by atoms with E-state index >= 15 is 0 Å². The predicted molar refractivity (Wildman–Crippen MR) is 115 cm³/mol. The van der Waals surface area contributed by atoms with Crippen molar-refractivity contribution < 1.29 is 23.5 Å². The molecule has 1 aromatic carbocycles. The molecule has 2 aliphatic heterocycles. The van der Waals surface area contributed by atoms with Gasteiger partial charge in [-0.1, -0.05) is 0 Å². The van der Waals surface area contributed by atoms with Crippen molar-refractivity contribution in [2.45, 2.75) is 6.10 Å². The number of cyclic esters (lactones) is 1. The van der Waals surface area contributed by atoms with Crippen molar-refractivity contribution in [2.24, 2.45) is 0 Å². The maximum Gasteiger partial charge on any atom is 0.414 e. The first-order valence-electron chi connectivity index (χ1n) is 9.80. The third-order valence-electron chi connectivity index (χ3n) is 5.04. The number of carbonyl (C=O) groups excluding carboxylic acids is 2. The Morgan fingerprint density at radius 2 is 2.06 bits per heavy atom. The zero-order chi connectivity index (χ0) is 21.8. The van der Waals surface area contributed by atoms with Gasteiger partial charge >= 0.3 is 12.2 Å². The van der Waals surface area contributed by atoms with Crippen LogP contribution < -0.4 is 15.1 Å². The lowest BCUT2D eigenvalue weighted by molar-refractivity contribution is 0.132. The van der Waals surface area contributed by atoms with Gasteiger partial charge in [-0.05, 0) is 18.2 Å². The molecule has 4 rings (SSSR count). The van der Waals surface area contributed by atoms with E-state index in [-0.39, 0.29) is 13.1 Å². The van der Waals surface area contributed by atoms with Crippen LogP contribution in [0.4, 0.5) is 25.6 Å². The Morgan fingerprint density at radius 3 is 2.74 bits per heavy atom. The fourth-order valence-corrected chi connectivity index (χ4v) is 4.30. The average molecular weight is 447 g/mol. The molecule has 164 valence electrons. The Morgan fingerprint density at radius 1 is 1.32 bits per heavy atom. The molecule has 1 atom stereocenters. The summed E-state index contributed by atoms with van der Waals surface area (Å²) in [7, 11) is 1.25. The molecular weight excluding hydrogens is 425 g/mol. The normalized spacial score (nSPS) is 18.6. The van der Waals surface area contributed by atoms with Gasteiger partial charge in [0, 0.05) is 48.1 Å². The number of hydrogen-bond donors (Lipinski definition) is 1. The molecule has 2 aromatic rings. The number of thioether (sulfide) groups is 1. The van der Waals surface area contributed by atoms with Gasteiger partial charge < -0.3 is 19.7 Å². The summed E-state index contributed by atoms with van der Waals surface area (Å²) in [6, 6.07) is 4.52. The number of nitrogens with zero attached hydrogens (tertiary/aromatic N) is 4. The van der Waals surface area contributed by atoms with Crippen molar-refractivity contribution in [2.75, 3.05) is 54.6 Å². The van der Waals surface area contributed by atoms with Crippen LogP contribution in [0.25, 0.3) is 11.1 Å². The molecule has 2 fully saturated rings. The molecule has 11 heteroatoms. The summed E-state index contributed by atoms with van der Waals surface area (Å²) in [5, 5.41) is 2.48. The number of anilines is 2. The number of alkyl carbamates (subject to hydrolysis) is 1. The number of hydrogen-bond acceptors (Lipinski definition) is 8. The van der Waals surface area contributed by atoms with E-state index in [0.29, 0.717) is 22.8 Å². The maximum absolute atomic E-state index is 14.8. The number of halogens is 1. The molecule has 31 heavy (non-hydrogen) atoms. The zero-order valence-corrected chi connectivity index (χ0v) is 17.7. The molecule has 2 aliphatic rings. The van der Waals surface area contributed by atoms with Gasteiger partial charge in [-0.15, -0.1) is 0 Å². The van der Waals surface area contributed by atoms with Gasteiger partial charge in [0.05, 0.1) is 25.9 Å². The summed E-state index contributed by atoms with van der Waals surface area (Å²) in [6.07, 6.45) is 1.46. The van der Waals surface area contributed by atoms with Crippen LogP contribution in [-0.4, -0.2) is 73.1 Å². The molecule has 0 radical (unpaired) electrons. The van der Waals surface area contributed by atoms with Crippen LogP contribution in [0, 0.1) is 5.82 Å². The highest BCUT2D eigenvalue weighted by Crippen LogP contribution is 2.29. The van der Waals surface area contributed by atoms with Crippen molar-refractivity contribution >= 4 is 35.6 Å². The Balaban J connectivity index is 1.44. The standard InChI is InChI=1S/C20H22FN5O4S/c1-29-19(27)24-11-15-12-26(20(28)30-15)14-2-3-16(17(21)8-14)13-9-22-18(23-10-13)25-4-6-31-7-5-25/h2-3,8-10,15H,4-7,11-12H2,1H3,(H,24,27). The Hall–Kier alpha value is -3.08. The second-order valence-corrected chi connectivity index (χ2v) is 8.25. The lowest BCUT2D eigenvalue weighted by Crippen LogP contribution is -2.34. The number of benzene rings is 1. The summed E-state index contributed by atoms with van der Waals surface area (Å²) >= 11 is 1.90. The Bertz CT molecular complexity index is 955. The highest BCUT2D eigenvalue weighted by Gasteiger charge is 2.33. The third-order valence-corrected chi connectivity index (χ3v) is 5.98. The van der Waals surface area contributed by atoms with Gasteiger partial charge in [-0.2, -0.15) is 11.8 Å². The molecule has 9 nitrogen and oxygen atoms in total. The summed E-state index contributed by atoms with van der Waals surface area (Å²) in [5.74, 6) is 2.24. The van der Waals surface area contributed by atoms with Crippen molar-refractivity contribution in [3.63, 3.8) is 0 Å². The summed E-state index contributed by atoms with van der Waals surface area (Å²) in [6.45, 7) is 2.09. The van der Waals surface area contributed by atoms with E-state index in [9.17, 15) is 14.0 Å². The van der Waals surface area contributed by atoms with Gasteiger partial charge in [0.1, 0.15) is 11.9 Å². The quantitative estimate of drug-likeness (QED) is 0.747. The number of ether oxygens (including phenoxy) is 2. The Labute approximate surface area is 182 Å². The molecule has 1 unspecified atom stereocenters. The van der Waals surface area contributed by atoms with E-state index < -0.39 is 24.1 Å². The molecule has 0 bridgehead atoms. The molecule has 2 saturated heterocycles. The van der Waals surface area contributed by atoms with Crippen LogP contribution in [0.1, 0.15) is 0 Å². The van der Waals surface area contributed by atoms with Gasteiger partial charge in [0.2, 0.25) is 5.95 Å². The van der Waals surface area contributed by atoms with E-state index in [4.69, 9.17) is 4.74 Å². The lowest BCUT2D eigenvalue weighted by Gasteiger charge is -2.26. The molecule has 2 amide bonds. The molecular formula is C20H22FN5O4S. The number of methoxy groups -OCH3 is 1. The first-order valence-corrected chi connectivity index (χ1v) is 11.0. The van der Waals surface area contributed by atoms with E-state index in [1.54, 1.807) is 24.5 Å². The van der Waals surface area contributed by atoms with Crippen LogP contribution in [0.15, 0.2) is 30.6 Å². The molecule has 0 spiro atoms. The SMILES string of the molecule is COC(=O)NCC1CN(c2ccc(-c3cnc(N4CCSCC4)nc3)c(F)c2)C(=O)O1. The second kappa shape index (κ2) is 9.38. The number of aromatic nitrogens is 2. The molecule has 3 heterocycles. The van der Waals surface area contributed by atoms with Crippen LogP contribution >= 0.6 is 11.8 Å². The Kier molecular flexibility index (Phi) is 6.40. The van der Waals surface area contributed by atoms with E-state index in [1.165, 1.54) is 18.1 Å². The molecule has 0 saturated carbocycles. The number of amides is 2. The van der Waals surface area contributed by atoms with Gasteiger partial charge in [0.25, 0.3) is 0 Å². The minimum atomic E-state index is -0.614. The van der Waals surface area contributed by atoms with Crippen molar-refractivity contribution in [3.8, 4) is 11.1 Å². The first kappa shape index (κ1) is 21.2. The number of nitrogens with one attached hydrogen (secondary N) is 1. The summed E-state index contributed by atoms with van der Waals surface area (Å²) in [4.78, 5) is 35.6. The van der Waals surface area contributed by atoms with E-state index in [0.717, 1.165) is 24.6 Å². The predicted octanol–water partition coefficient (Wildman–Crippen LogP) is 2.52. The highest BCUT2D eigenvalue weighted by atomic mass is 32.2. The lowest BCUT2D eigenvalue weighted by atomic mass is 10.1. The topological polar surface area (TPSA) is 96.9 Å². The smallest absolute Gasteiger partial charge is 0.414 e. The van der Waals surface area contributed by atoms with E-state index in [2.05, 4.69) is 24.9 Å². The largest absolute Gasteiger partial charge is 0.453 e. The van der Waals surface area contributed by atoms with Crippen molar-refractivity contribution in [3.05, 3.63) is 36.4 Å². The minimum absolute atomic E-state index is 0.106. The average Bonchev–Trinajstić information content (AvgIpc) is 3.18. The van der Waals surface area contributed by atoms with Gasteiger partial charge in [0.15, 0.2) is 0 Å². The summed E-state index contributed by atoms with van der Waals surface area (Å²) in [5.41, 5.74) is 1.28. The first-order chi connectivity index (χ1) is 15.0. The fourth-order valence-electron chi connectivity index (χ4n) is 3.40. The van der Waals surface area contributed by atoms with Crippen molar-refractivity contribution in [1.29, 1.82) is 0 Å². The maximum atomic E-state index is 14.8. The third kappa shape index (κ3) is 4.82. The van der Waals surface area contributed by atoms with Crippen LogP contribution in [0.5, 0.6) is 0 Å². The van der Waals surface area contributed by atoms with Crippen molar-refractivity contribution in [1.82, 2.24) is 15.3 Å². The van der Waals surface area contributed by atoms with Crippen LogP contribution in [-0.2, 0) is 9.47 Å². The van der Waals surface area contributed by atoms with E-state index in [1.807, 2.05) is 11.8 Å². The van der Waals surface area contributed by atoms with Gasteiger partial charge in [-0.3, -0.25) is 4.90 Å². The molecule has 0 aliphatic carbocycles. The number of carbonyl (C=O) groups is 2. The minimum Gasteiger partial charge on any atom is -0.453 e. The summed E-state index contributed by atoms with van der Waals surface area (Å²) < 4.78 is 24.6. The highest BCUT2D eigenvalue weighted by molar-refractivity contribution is 7.99. The van der Waals surface area contributed by atoms with Crippen LogP contribution in [0.3, 0.4) is 0 Å². The number of rotatable bonds is 5. The second-order valence-electron chi connectivity index (χ2n) is 7.02. The van der Waals surface area contributed by atoms with Gasteiger partial charge in [-0.25, -0.2) is 23.9 Å². The molecule has 1 aromatic heterocycles. The zero-order valence-electron chi connectivity index (χ0n) is 16.9. The molecule has 1 N–H and O–H groups in total. The fraction of sp³-hybridized carbons (Fsp3) is 0.400. The monoisotopic (exact) mass is 447 g/mol.